The lowest BCUT2D eigenvalue weighted by Crippen LogP contribution is -2.40. The van der Waals surface area contributed by atoms with Crippen LogP contribution in [0.4, 0.5) is 0 Å². The molecule has 0 aromatic rings. The number of epoxide rings is 2. The standard InChI is InChI=1S/C24H32O8/c1-11(2)20(25)28-15-9-18-23(6,32-18)10-17(30-22(27)24(7)14(5)31-24)19-13(4)21(26)29-16(19)8-12(15)3/h8,11,14-19H,4,9-10H2,1-3,5-7H3. The molecule has 3 fully saturated rings. The van der Waals surface area contributed by atoms with Crippen LogP contribution in [0, 0.1) is 11.8 Å². The van der Waals surface area contributed by atoms with Crippen molar-refractivity contribution in [2.24, 2.45) is 11.8 Å². The normalized spacial score (nSPS) is 42.9. The van der Waals surface area contributed by atoms with Crippen LogP contribution >= 0.6 is 0 Å². The minimum atomic E-state index is -0.984. The Morgan fingerprint density at radius 2 is 1.88 bits per heavy atom. The number of fused-ring (bicyclic) bond motifs is 2. The largest absolute Gasteiger partial charge is 0.459 e. The van der Waals surface area contributed by atoms with Crippen LogP contribution in [0.1, 0.15) is 54.4 Å². The molecule has 0 radical (unpaired) electrons. The van der Waals surface area contributed by atoms with E-state index in [1.54, 1.807) is 26.8 Å². The van der Waals surface area contributed by atoms with Crippen molar-refractivity contribution < 1.29 is 38.1 Å². The van der Waals surface area contributed by atoms with Crippen molar-refractivity contribution >= 4 is 17.9 Å². The number of esters is 3. The summed E-state index contributed by atoms with van der Waals surface area (Å²) in [5.74, 6) is -2.13. The molecule has 176 valence electrons. The highest BCUT2D eigenvalue weighted by Crippen LogP contribution is 2.49. The smallest absolute Gasteiger partial charge is 0.341 e. The first kappa shape index (κ1) is 23.0. The first-order valence-corrected chi connectivity index (χ1v) is 11.2. The molecule has 3 aliphatic heterocycles. The van der Waals surface area contributed by atoms with Gasteiger partial charge in [-0.2, -0.15) is 0 Å². The summed E-state index contributed by atoms with van der Waals surface area (Å²) in [5.41, 5.74) is -0.558. The molecule has 0 saturated carbocycles. The van der Waals surface area contributed by atoms with Crippen LogP contribution in [0.25, 0.3) is 0 Å². The van der Waals surface area contributed by atoms with Crippen LogP contribution in [-0.2, 0) is 38.1 Å². The lowest BCUT2D eigenvalue weighted by Gasteiger charge is -2.30. The number of hydrogen-bond acceptors (Lipinski definition) is 8. The zero-order chi connectivity index (χ0) is 23.6. The first-order valence-electron chi connectivity index (χ1n) is 11.2. The quantitative estimate of drug-likeness (QED) is 0.213. The van der Waals surface area contributed by atoms with E-state index in [1.165, 1.54) is 0 Å². The van der Waals surface area contributed by atoms with Gasteiger partial charge in [0, 0.05) is 18.4 Å². The maximum atomic E-state index is 12.8. The van der Waals surface area contributed by atoms with E-state index < -0.39 is 47.4 Å². The predicted octanol–water partition coefficient (Wildman–Crippen LogP) is 2.64. The van der Waals surface area contributed by atoms with Gasteiger partial charge in [0.1, 0.15) is 18.3 Å². The molecule has 1 aliphatic carbocycles. The predicted molar refractivity (Wildman–Crippen MR) is 112 cm³/mol. The van der Waals surface area contributed by atoms with Crippen molar-refractivity contribution in [3.63, 3.8) is 0 Å². The van der Waals surface area contributed by atoms with Crippen LogP contribution in [0.15, 0.2) is 23.8 Å². The fraction of sp³-hybridized carbons (Fsp3) is 0.708. The fourth-order valence-corrected chi connectivity index (χ4v) is 4.56. The number of hydrogen-bond donors (Lipinski definition) is 0. The molecular formula is C24H32O8. The second-order valence-corrected chi connectivity index (χ2v) is 10.1. The minimum Gasteiger partial charge on any atom is -0.459 e. The van der Waals surface area contributed by atoms with Crippen LogP contribution in [-0.4, -0.2) is 59.6 Å². The van der Waals surface area contributed by atoms with E-state index in [0.717, 1.165) is 5.57 Å². The molecule has 0 amide bonds. The minimum absolute atomic E-state index is 0.175. The van der Waals surface area contributed by atoms with Gasteiger partial charge in [-0.25, -0.2) is 9.59 Å². The molecular weight excluding hydrogens is 416 g/mol. The van der Waals surface area contributed by atoms with Crippen LogP contribution in [0.2, 0.25) is 0 Å². The van der Waals surface area contributed by atoms with Gasteiger partial charge in [0.25, 0.3) is 0 Å². The Morgan fingerprint density at radius 1 is 1.22 bits per heavy atom. The highest BCUT2D eigenvalue weighted by molar-refractivity contribution is 5.91. The summed E-state index contributed by atoms with van der Waals surface area (Å²) in [4.78, 5) is 37.5. The molecule has 3 saturated heterocycles. The Morgan fingerprint density at radius 3 is 2.47 bits per heavy atom. The molecule has 8 nitrogen and oxygen atoms in total. The van der Waals surface area contributed by atoms with Gasteiger partial charge in [-0.1, -0.05) is 20.4 Å². The summed E-state index contributed by atoms with van der Waals surface area (Å²) >= 11 is 0. The Bertz CT molecular complexity index is 890. The summed E-state index contributed by atoms with van der Waals surface area (Å²) in [5, 5.41) is 0. The van der Waals surface area contributed by atoms with Crippen LogP contribution in [0.3, 0.4) is 0 Å². The third kappa shape index (κ3) is 3.99. The lowest BCUT2D eigenvalue weighted by molar-refractivity contribution is -0.159. The molecule has 32 heavy (non-hydrogen) atoms. The summed E-state index contributed by atoms with van der Waals surface area (Å²) in [6.07, 6.45) is 0.364. The SMILES string of the molecule is C=C1C(=O)OC2C=C(C)C(OC(=O)C(C)C)CC3OC3(C)CC(OC(=O)C3(C)OC3C)C12. The third-order valence-corrected chi connectivity index (χ3v) is 7.20. The van der Waals surface area contributed by atoms with Gasteiger partial charge >= 0.3 is 17.9 Å². The Balaban J connectivity index is 1.65. The molecule has 0 bridgehead atoms. The van der Waals surface area contributed by atoms with Crippen molar-refractivity contribution in [2.75, 3.05) is 0 Å². The number of ether oxygens (including phenoxy) is 5. The maximum absolute atomic E-state index is 12.8. The maximum Gasteiger partial charge on any atom is 0.341 e. The highest BCUT2D eigenvalue weighted by Gasteiger charge is 2.61. The second-order valence-electron chi connectivity index (χ2n) is 10.1. The van der Waals surface area contributed by atoms with Gasteiger partial charge in [0.2, 0.25) is 0 Å². The van der Waals surface area contributed by atoms with E-state index in [9.17, 15) is 14.4 Å². The molecule has 8 unspecified atom stereocenters. The summed E-state index contributed by atoms with van der Waals surface area (Å²) in [6, 6.07) is 0. The van der Waals surface area contributed by atoms with Gasteiger partial charge in [-0.15, -0.1) is 0 Å². The van der Waals surface area contributed by atoms with Gasteiger partial charge in [-0.3, -0.25) is 4.79 Å². The number of rotatable bonds is 4. The molecule has 4 rings (SSSR count). The Labute approximate surface area is 188 Å². The average molecular weight is 449 g/mol. The third-order valence-electron chi connectivity index (χ3n) is 7.20. The molecule has 0 aromatic carbocycles. The number of carbonyl (C=O) groups is 3. The zero-order valence-electron chi connectivity index (χ0n) is 19.5. The van der Waals surface area contributed by atoms with Gasteiger partial charge < -0.3 is 23.7 Å². The van der Waals surface area contributed by atoms with E-state index in [1.807, 2.05) is 20.8 Å². The fourth-order valence-electron chi connectivity index (χ4n) is 4.56. The monoisotopic (exact) mass is 448 g/mol. The first-order chi connectivity index (χ1) is 14.9. The zero-order valence-corrected chi connectivity index (χ0v) is 19.5. The average Bonchev–Trinajstić information content (AvgIpc) is 3.50. The highest BCUT2D eigenvalue weighted by atomic mass is 16.7. The van der Waals surface area contributed by atoms with Crippen LogP contribution in [0.5, 0.6) is 0 Å². The second kappa shape index (κ2) is 7.70. The molecule has 8 atom stereocenters. The summed E-state index contributed by atoms with van der Waals surface area (Å²) < 4.78 is 28.7. The van der Waals surface area contributed by atoms with Crippen molar-refractivity contribution in [1.29, 1.82) is 0 Å². The van der Waals surface area contributed by atoms with Crippen molar-refractivity contribution in [3.05, 3.63) is 23.8 Å². The number of carbonyl (C=O) groups excluding carboxylic acids is 3. The lowest BCUT2D eigenvalue weighted by atomic mass is 9.82. The van der Waals surface area contributed by atoms with E-state index in [4.69, 9.17) is 23.7 Å². The molecule has 0 spiro atoms. The van der Waals surface area contributed by atoms with E-state index in [-0.39, 0.29) is 29.7 Å². The van der Waals surface area contributed by atoms with Crippen molar-refractivity contribution in [3.8, 4) is 0 Å². The Kier molecular flexibility index (Phi) is 5.53. The van der Waals surface area contributed by atoms with E-state index in [2.05, 4.69) is 6.58 Å². The van der Waals surface area contributed by atoms with Gasteiger partial charge in [0.15, 0.2) is 5.60 Å². The molecule has 3 heterocycles. The van der Waals surface area contributed by atoms with Gasteiger partial charge in [-0.05, 0) is 39.3 Å². The van der Waals surface area contributed by atoms with Crippen LogP contribution < -0.4 is 0 Å². The molecule has 8 heteroatoms. The summed E-state index contributed by atoms with van der Waals surface area (Å²) in [6.45, 7) is 14.8. The van der Waals surface area contributed by atoms with Crippen molar-refractivity contribution in [1.82, 2.24) is 0 Å². The van der Waals surface area contributed by atoms with Gasteiger partial charge in [0.05, 0.1) is 29.6 Å². The Hall–Kier alpha value is -2.19. The topological polar surface area (TPSA) is 104 Å². The molecule has 0 N–H and O–H groups in total. The molecule has 0 aromatic heterocycles. The van der Waals surface area contributed by atoms with Crippen molar-refractivity contribution in [2.45, 2.75) is 96.1 Å². The summed E-state index contributed by atoms with van der Waals surface area (Å²) in [7, 11) is 0. The van der Waals surface area contributed by atoms with E-state index >= 15 is 0 Å². The molecule has 4 aliphatic rings. The van der Waals surface area contributed by atoms with E-state index in [0.29, 0.717) is 12.8 Å².